The third-order valence-electron chi connectivity index (χ3n) is 3.57. The lowest BCUT2D eigenvalue weighted by Crippen LogP contribution is -2.52. The third-order valence-corrected chi connectivity index (χ3v) is 3.57. The lowest BCUT2D eigenvalue weighted by molar-refractivity contribution is -0.152. The summed E-state index contributed by atoms with van der Waals surface area (Å²) in [6.45, 7) is 9.20. The van der Waals surface area contributed by atoms with Crippen LogP contribution >= 0.6 is 0 Å². The number of hydrogen-bond acceptors (Lipinski definition) is 3. The molecule has 0 aromatic carbocycles. The van der Waals surface area contributed by atoms with Crippen molar-refractivity contribution in [3.63, 3.8) is 0 Å². The summed E-state index contributed by atoms with van der Waals surface area (Å²) < 4.78 is 0. The molecule has 0 aliphatic heterocycles. The molecule has 0 heterocycles. The third kappa shape index (κ3) is 4.80. The number of rotatable bonds is 8. The van der Waals surface area contributed by atoms with Crippen LogP contribution < -0.4 is 5.73 Å². The van der Waals surface area contributed by atoms with Crippen LogP contribution in [0.3, 0.4) is 0 Å². The summed E-state index contributed by atoms with van der Waals surface area (Å²) in [7, 11) is 0. The van der Waals surface area contributed by atoms with E-state index in [-0.39, 0.29) is 5.91 Å². The minimum Gasteiger partial charge on any atom is -0.330 e. The number of hydrazine groups is 1. The molecular weight excluding hydrogens is 238 g/mol. The highest BCUT2D eigenvalue weighted by Gasteiger charge is 2.27. The first-order chi connectivity index (χ1) is 9.24. The first-order valence-corrected chi connectivity index (χ1v) is 7.23. The fourth-order valence-corrected chi connectivity index (χ4v) is 2.68. The second kappa shape index (κ2) is 8.88. The lowest BCUT2D eigenvalue weighted by atomic mass is 9.95. The van der Waals surface area contributed by atoms with Gasteiger partial charge in [-0.05, 0) is 12.8 Å². The van der Waals surface area contributed by atoms with Crippen LogP contribution in [0.15, 0.2) is 25.3 Å². The maximum atomic E-state index is 12.2. The second-order valence-electron chi connectivity index (χ2n) is 5.01. The van der Waals surface area contributed by atoms with E-state index in [0.717, 1.165) is 12.8 Å². The topological polar surface area (TPSA) is 49.6 Å². The zero-order valence-electron chi connectivity index (χ0n) is 11.9. The Morgan fingerprint density at radius 1 is 1.16 bits per heavy atom. The number of amides is 1. The molecule has 0 radical (unpaired) electrons. The predicted octanol–water partition coefficient (Wildman–Crippen LogP) is 2.09. The highest BCUT2D eigenvalue weighted by molar-refractivity contribution is 5.76. The summed E-state index contributed by atoms with van der Waals surface area (Å²) in [5.74, 6) is 0.0785. The Hall–Kier alpha value is -1.13. The number of carbonyl (C=O) groups excluding carboxylic acids is 1. The molecule has 1 amide bonds. The summed E-state index contributed by atoms with van der Waals surface area (Å²) in [5, 5.41) is 3.96. The number of carbonyl (C=O) groups is 1. The molecular formula is C15H27N3O. The first kappa shape index (κ1) is 15.9. The zero-order chi connectivity index (χ0) is 14.1. The fraction of sp³-hybridized carbons (Fsp3) is 0.667. The van der Waals surface area contributed by atoms with Crippen LogP contribution in [0.5, 0.6) is 0 Å². The minimum absolute atomic E-state index is 0.0785. The minimum atomic E-state index is 0.0785. The molecule has 1 saturated carbocycles. The molecule has 108 valence electrons. The number of nitrogens with zero attached hydrogens (tertiary/aromatic N) is 2. The highest BCUT2D eigenvalue weighted by atomic mass is 16.2. The van der Waals surface area contributed by atoms with Gasteiger partial charge < -0.3 is 5.73 Å². The van der Waals surface area contributed by atoms with E-state index in [9.17, 15) is 4.79 Å². The van der Waals surface area contributed by atoms with Crippen molar-refractivity contribution in [1.82, 2.24) is 10.0 Å². The van der Waals surface area contributed by atoms with E-state index in [2.05, 4.69) is 18.2 Å². The van der Waals surface area contributed by atoms with Crippen molar-refractivity contribution in [2.24, 2.45) is 5.73 Å². The van der Waals surface area contributed by atoms with Crippen molar-refractivity contribution in [1.29, 1.82) is 0 Å². The molecule has 4 heteroatoms. The smallest absolute Gasteiger partial charge is 0.238 e. The maximum absolute atomic E-state index is 12.2. The van der Waals surface area contributed by atoms with Crippen molar-refractivity contribution in [2.75, 3.05) is 19.6 Å². The standard InChI is InChI=1S/C15H27N3O/c1-3-12-17(14-8-6-5-7-9-14)18(13-4-2)15(19)10-11-16/h3-4,14H,1-2,5-13,16H2. The molecule has 0 aromatic heterocycles. The predicted molar refractivity (Wildman–Crippen MR) is 79.4 cm³/mol. The van der Waals surface area contributed by atoms with E-state index in [1.807, 2.05) is 6.08 Å². The van der Waals surface area contributed by atoms with Crippen molar-refractivity contribution >= 4 is 5.91 Å². The Labute approximate surface area is 116 Å². The van der Waals surface area contributed by atoms with Crippen LogP contribution in [0.1, 0.15) is 38.5 Å². The van der Waals surface area contributed by atoms with E-state index >= 15 is 0 Å². The highest BCUT2D eigenvalue weighted by Crippen LogP contribution is 2.24. The molecule has 0 bridgehead atoms. The van der Waals surface area contributed by atoms with Gasteiger partial charge in [-0.1, -0.05) is 31.4 Å². The van der Waals surface area contributed by atoms with Crippen molar-refractivity contribution < 1.29 is 4.79 Å². The Kier molecular flexibility index (Phi) is 7.45. The van der Waals surface area contributed by atoms with Crippen molar-refractivity contribution in [2.45, 2.75) is 44.6 Å². The quantitative estimate of drug-likeness (QED) is 0.540. The molecule has 1 aliphatic rings. The van der Waals surface area contributed by atoms with Crippen LogP contribution in [0.4, 0.5) is 0 Å². The van der Waals surface area contributed by atoms with Crippen molar-refractivity contribution in [3.05, 3.63) is 25.3 Å². The van der Waals surface area contributed by atoms with E-state index in [1.54, 1.807) is 11.1 Å². The SMILES string of the molecule is C=CCN(C(=O)CCN)N(CC=C)C1CCCCC1. The van der Waals surface area contributed by atoms with Gasteiger partial charge in [0, 0.05) is 25.6 Å². The monoisotopic (exact) mass is 265 g/mol. The van der Waals surface area contributed by atoms with Gasteiger partial charge in [0.05, 0.1) is 6.54 Å². The summed E-state index contributed by atoms with van der Waals surface area (Å²) in [6, 6.07) is 0.438. The van der Waals surface area contributed by atoms with Gasteiger partial charge in [0.1, 0.15) is 0 Å². The normalized spacial score (nSPS) is 16.3. The van der Waals surface area contributed by atoms with E-state index < -0.39 is 0 Å². The largest absolute Gasteiger partial charge is 0.330 e. The van der Waals surface area contributed by atoms with Gasteiger partial charge >= 0.3 is 0 Å². The van der Waals surface area contributed by atoms with Crippen LogP contribution in [0, 0.1) is 0 Å². The van der Waals surface area contributed by atoms with Crippen molar-refractivity contribution in [3.8, 4) is 0 Å². The van der Waals surface area contributed by atoms with E-state index in [0.29, 0.717) is 32.1 Å². The van der Waals surface area contributed by atoms with Crippen LogP contribution in [0.25, 0.3) is 0 Å². The molecule has 0 aromatic rings. The molecule has 1 rings (SSSR count). The summed E-state index contributed by atoms with van der Waals surface area (Å²) in [5.41, 5.74) is 5.50. The Morgan fingerprint density at radius 3 is 2.32 bits per heavy atom. The average molecular weight is 265 g/mol. The Balaban J connectivity index is 2.79. The van der Waals surface area contributed by atoms with Gasteiger partial charge in [0.15, 0.2) is 0 Å². The Morgan fingerprint density at radius 2 is 1.79 bits per heavy atom. The number of hydrogen-bond donors (Lipinski definition) is 1. The van der Waals surface area contributed by atoms with Gasteiger partial charge in [0.2, 0.25) is 5.91 Å². The molecule has 0 unspecified atom stereocenters. The summed E-state index contributed by atoms with van der Waals surface area (Å²) in [6.07, 6.45) is 10.1. The maximum Gasteiger partial charge on any atom is 0.238 e. The molecule has 4 nitrogen and oxygen atoms in total. The molecule has 0 saturated heterocycles. The fourth-order valence-electron chi connectivity index (χ4n) is 2.68. The molecule has 0 atom stereocenters. The number of nitrogens with two attached hydrogens (primary N) is 1. The first-order valence-electron chi connectivity index (χ1n) is 7.23. The lowest BCUT2D eigenvalue weighted by Gasteiger charge is -2.41. The van der Waals surface area contributed by atoms with E-state index in [4.69, 9.17) is 5.73 Å². The van der Waals surface area contributed by atoms with Crippen LogP contribution in [-0.4, -0.2) is 41.6 Å². The van der Waals surface area contributed by atoms with Crippen LogP contribution in [-0.2, 0) is 4.79 Å². The average Bonchev–Trinajstić information content (AvgIpc) is 2.44. The molecule has 2 N–H and O–H groups in total. The molecule has 1 fully saturated rings. The molecule has 0 spiro atoms. The van der Waals surface area contributed by atoms with Crippen LogP contribution in [0.2, 0.25) is 0 Å². The van der Waals surface area contributed by atoms with E-state index in [1.165, 1.54) is 19.3 Å². The molecule has 1 aliphatic carbocycles. The zero-order valence-corrected chi connectivity index (χ0v) is 11.9. The van der Waals surface area contributed by atoms with Gasteiger partial charge in [-0.25, -0.2) is 5.01 Å². The summed E-state index contributed by atoms with van der Waals surface area (Å²) >= 11 is 0. The summed E-state index contributed by atoms with van der Waals surface area (Å²) in [4.78, 5) is 12.2. The Bertz CT molecular complexity index is 298. The molecule has 19 heavy (non-hydrogen) atoms. The van der Waals surface area contributed by atoms with Gasteiger partial charge in [-0.15, -0.1) is 13.2 Å². The second-order valence-corrected chi connectivity index (χ2v) is 5.01. The van der Waals surface area contributed by atoms with Gasteiger partial charge in [-0.2, -0.15) is 0 Å². The van der Waals surface area contributed by atoms with Gasteiger partial charge in [0.25, 0.3) is 0 Å². The van der Waals surface area contributed by atoms with Gasteiger partial charge in [-0.3, -0.25) is 9.80 Å².